The van der Waals surface area contributed by atoms with Gasteiger partial charge >= 0.3 is 5.97 Å². The van der Waals surface area contributed by atoms with Gasteiger partial charge in [-0.2, -0.15) is 0 Å². The van der Waals surface area contributed by atoms with Crippen molar-refractivity contribution in [3.8, 4) is 11.4 Å². The van der Waals surface area contributed by atoms with Gasteiger partial charge in [-0.05, 0) is 32.9 Å². The average Bonchev–Trinajstić information content (AvgIpc) is 2.37. The van der Waals surface area contributed by atoms with Crippen molar-refractivity contribution < 1.29 is 9.53 Å². The van der Waals surface area contributed by atoms with Gasteiger partial charge in [-0.3, -0.25) is 0 Å². The van der Waals surface area contributed by atoms with E-state index in [0.717, 1.165) is 5.69 Å². The highest BCUT2D eigenvalue weighted by molar-refractivity contribution is 6.01. The quantitative estimate of drug-likeness (QED) is 0.685. The number of aromatic nitrogens is 2. The fourth-order valence-electron chi connectivity index (χ4n) is 1.84. The molecule has 104 valence electrons. The number of carbonyl (C=O) groups is 1. The first kappa shape index (κ1) is 14.0. The number of hydrogen-bond donors (Lipinski definition) is 1. The van der Waals surface area contributed by atoms with Gasteiger partial charge < -0.3 is 10.5 Å². The maximum Gasteiger partial charge on any atom is 0.341 e. The summed E-state index contributed by atoms with van der Waals surface area (Å²) in [6.45, 7) is 5.45. The van der Waals surface area contributed by atoms with Crippen LogP contribution in [0.2, 0.25) is 0 Å². The Balaban J connectivity index is 2.54. The minimum absolute atomic E-state index is 0.214. The summed E-state index contributed by atoms with van der Waals surface area (Å²) in [7, 11) is 0. The number of aryl methyl sites for hydroxylation is 1. The normalized spacial score (nSPS) is 10.6. The van der Waals surface area contributed by atoms with E-state index in [2.05, 4.69) is 9.97 Å². The molecule has 0 unspecified atom stereocenters. The first-order chi connectivity index (χ1) is 9.49. The molecule has 2 N–H and O–H groups in total. The fourth-order valence-corrected chi connectivity index (χ4v) is 1.84. The predicted octanol–water partition coefficient (Wildman–Crippen LogP) is 2.60. The van der Waals surface area contributed by atoms with Gasteiger partial charge in [0.15, 0.2) is 5.82 Å². The van der Waals surface area contributed by atoms with Crippen LogP contribution in [0.4, 0.5) is 5.69 Å². The molecule has 0 radical (unpaired) electrons. The molecule has 2 aromatic rings. The fraction of sp³-hybridized carbons (Fsp3) is 0.267. The first-order valence-electron chi connectivity index (χ1n) is 6.38. The molecule has 0 saturated heterocycles. The SMILES string of the molecule is Cc1ccnc(-c2cccc(N)c2C(=O)OC(C)C)n1. The van der Waals surface area contributed by atoms with E-state index in [4.69, 9.17) is 10.5 Å². The Labute approximate surface area is 117 Å². The Hall–Kier alpha value is -2.43. The average molecular weight is 271 g/mol. The standard InChI is InChI=1S/C15H17N3O2/c1-9(2)20-15(19)13-11(5-4-6-12(13)16)14-17-8-7-10(3)18-14/h4-9H,16H2,1-3H3. The van der Waals surface area contributed by atoms with Gasteiger partial charge in [-0.25, -0.2) is 14.8 Å². The zero-order chi connectivity index (χ0) is 14.7. The second kappa shape index (κ2) is 5.69. The number of ether oxygens (including phenoxy) is 1. The van der Waals surface area contributed by atoms with Gasteiger partial charge in [0.05, 0.1) is 11.7 Å². The lowest BCUT2D eigenvalue weighted by Gasteiger charge is -2.13. The van der Waals surface area contributed by atoms with E-state index in [1.807, 2.05) is 6.92 Å². The molecule has 0 saturated carbocycles. The van der Waals surface area contributed by atoms with Crippen molar-refractivity contribution in [1.82, 2.24) is 9.97 Å². The summed E-state index contributed by atoms with van der Waals surface area (Å²) >= 11 is 0. The summed E-state index contributed by atoms with van der Waals surface area (Å²) in [5.74, 6) is 0.00575. The number of carbonyl (C=O) groups excluding carboxylic acids is 1. The maximum absolute atomic E-state index is 12.2. The van der Waals surface area contributed by atoms with E-state index in [1.54, 1.807) is 44.3 Å². The van der Waals surface area contributed by atoms with Gasteiger partial charge in [-0.1, -0.05) is 12.1 Å². The van der Waals surface area contributed by atoms with Crippen molar-refractivity contribution in [2.24, 2.45) is 0 Å². The highest BCUT2D eigenvalue weighted by Gasteiger charge is 2.20. The van der Waals surface area contributed by atoms with Crippen molar-refractivity contribution in [2.45, 2.75) is 26.9 Å². The number of nitrogens with two attached hydrogens (primary N) is 1. The van der Waals surface area contributed by atoms with Crippen LogP contribution in [-0.4, -0.2) is 22.0 Å². The molecule has 5 heteroatoms. The number of esters is 1. The molecule has 0 atom stereocenters. The lowest BCUT2D eigenvalue weighted by molar-refractivity contribution is 0.0380. The molecule has 0 aliphatic rings. The highest BCUT2D eigenvalue weighted by atomic mass is 16.5. The van der Waals surface area contributed by atoms with Crippen LogP contribution in [0, 0.1) is 6.92 Å². The summed E-state index contributed by atoms with van der Waals surface area (Å²) in [4.78, 5) is 20.7. The molecule has 2 rings (SSSR count). The number of benzene rings is 1. The number of rotatable bonds is 3. The van der Waals surface area contributed by atoms with Crippen molar-refractivity contribution >= 4 is 11.7 Å². The van der Waals surface area contributed by atoms with Crippen molar-refractivity contribution in [2.75, 3.05) is 5.73 Å². The van der Waals surface area contributed by atoms with Crippen LogP contribution in [0.1, 0.15) is 29.9 Å². The number of hydrogen-bond acceptors (Lipinski definition) is 5. The van der Waals surface area contributed by atoms with E-state index in [-0.39, 0.29) is 6.10 Å². The summed E-state index contributed by atoms with van der Waals surface area (Å²) in [6, 6.07) is 6.99. The van der Waals surface area contributed by atoms with Crippen molar-refractivity contribution in [3.05, 3.63) is 41.7 Å². The molecular formula is C15H17N3O2. The van der Waals surface area contributed by atoms with E-state index in [9.17, 15) is 4.79 Å². The summed E-state index contributed by atoms with van der Waals surface area (Å²) in [5, 5.41) is 0. The molecule has 20 heavy (non-hydrogen) atoms. The number of nitrogen functional groups attached to an aromatic ring is 1. The molecule has 0 amide bonds. The van der Waals surface area contributed by atoms with Crippen molar-refractivity contribution in [3.63, 3.8) is 0 Å². The van der Waals surface area contributed by atoms with Gasteiger partial charge in [0.25, 0.3) is 0 Å². The van der Waals surface area contributed by atoms with Gasteiger partial charge in [-0.15, -0.1) is 0 Å². The third kappa shape index (κ3) is 2.93. The van der Waals surface area contributed by atoms with E-state index >= 15 is 0 Å². The Morgan fingerprint density at radius 1 is 1.30 bits per heavy atom. The van der Waals surface area contributed by atoms with Gasteiger partial charge in [0, 0.05) is 23.1 Å². The minimum atomic E-state index is -0.460. The molecule has 0 fully saturated rings. The molecular weight excluding hydrogens is 254 g/mol. The van der Waals surface area contributed by atoms with E-state index < -0.39 is 5.97 Å². The predicted molar refractivity (Wildman–Crippen MR) is 77.2 cm³/mol. The van der Waals surface area contributed by atoms with Crippen LogP contribution in [0.5, 0.6) is 0 Å². The van der Waals surface area contributed by atoms with Gasteiger partial charge in [0.1, 0.15) is 0 Å². The topological polar surface area (TPSA) is 78.1 Å². The molecule has 0 aliphatic carbocycles. The zero-order valence-electron chi connectivity index (χ0n) is 11.8. The largest absolute Gasteiger partial charge is 0.459 e. The zero-order valence-corrected chi connectivity index (χ0v) is 11.8. The maximum atomic E-state index is 12.2. The van der Waals surface area contributed by atoms with Crippen LogP contribution in [-0.2, 0) is 4.74 Å². The number of anilines is 1. The molecule has 1 aromatic heterocycles. The lowest BCUT2D eigenvalue weighted by atomic mass is 10.0. The highest BCUT2D eigenvalue weighted by Crippen LogP contribution is 2.26. The van der Waals surface area contributed by atoms with Crippen molar-refractivity contribution in [1.29, 1.82) is 0 Å². The smallest absolute Gasteiger partial charge is 0.341 e. The van der Waals surface area contributed by atoms with Crippen LogP contribution >= 0.6 is 0 Å². The van der Waals surface area contributed by atoms with Crippen LogP contribution in [0.3, 0.4) is 0 Å². The first-order valence-corrected chi connectivity index (χ1v) is 6.38. The Bertz CT molecular complexity index is 639. The molecule has 1 aromatic carbocycles. The number of nitrogens with zero attached hydrogens (tertiary/aromatic N) is 2. The molecule has 1 heterocycles. The summed E-state index contributed by atoms with van der Waals surface area (Å²) in [5.41, 5.74) is 7.99. The minimum Gasteiger partial charge on any atom is -0.459 e. The molecule has 0 aliphatic heterocycles. The molecule has 0 bridgehead atoms. The van der Waals surface area contributed by atoms with E-state index in [0.29, 0.717) is 22.6 Å². The summed E-state index contributed by atoms with van der Waals surface area (Å²) < 4.78 is 5.23. The van der Waals surface area contributed by atoms with E-state index in [1.165, 1.54) is 0 Å². The lowest BCUT2D eigenvalue weighted by Crippen LogP contribution is -2.15. The third-order valence-corrected chi connectivity index (χ3v) is 2.68. The Morgan fingerprint density at radius 2 is 2.05 bits per heavy atom. The second-order valence-corrected chi connectivity index (χ2v) is 4.75. The third-order valence-electron chi connectivity index (χ3n) is 2.68. The van der Waals surface area contributed by atoms with Gasteiger partial charge in [0.2, 0.25) is 0 Å². The molecule has 5 nitrogen and oxygen atoms in total. The monoisotopic (exact) mass is 271 g/mol. The molecule has 0 spiro atoms. The Morgan fingerprint density at radius 3 is 2.70 bits per heavy atom. The van der Waals surface area contributed by atoms with Crippen LogP contribution in [0.25, 0.3) is 11.4 Å². The van der Waals surface area contributed by atoms with Crippen LogP contribution in [0.15, 0.2) is 30.5 Å². The Kier molecular flexibility index (Phi) is 3.98. The second-order valence-electron chi connectivity index (χ2n) is 4.75. The van der Waals surface area contributed by atoms with Crippen LogP contribution < -0.4 is 5.73 Å². The summed E-state index contributed by atoms with van der Waals surface area (Å²) in [6.07, 6.45) is 1.44.